The summed E-state index contributed by atoms with van der Waals surface area (Å²) >= 11 is 12.1. The van der Waals surface area contributed by atoms with Crippen LogP contribution in [-0.2, 0) is 26.2 Å². The molecule has 0 aliphatic heterocycles. The summed E-state index contributed by atoms with van der Waals surface area (Å²) < 4.78 is 28.4. The van der Waals surface area contributed by atoms with Gasteiger partial charge in [-0.1, -0.05) is 59.1 Å². The lowest BCUT2D eigenvalue weighted by Crippen LogP contribution is -2.50. The fourth-order valence-corrected chi connectivity index (χ4v) is 5.29. The van der Waals surface area contributed by atoms with Gasteiger partial charge < -0.3 is 10.2 Å². The second kappa shape index (κ2) is 11.8. The first-order chi connectivity index (χ1) is 17.0. The van der Waals surface area contributed by atoms with E-state index in [0.717, 1.165) is 15.4 Å². The van der Waals surface area contributed by atoms with Crippen LogP contribution < -0.4 is 9.62 Å². The molecule has 0 saturated carbocycles. The number of likely N-dealkylation sites (N-methyl/N-ethyl adjacent to an activating group) is 1. The molecule has 36 heavy (non-hydrogen) atoms. The maximum absolute atomic E-state index is 13.7. The Morgan fingerprint density at radius 1 is 0.944 bits per heavy atom. The van der Waals surface area contributed by atoms with Gasteiger partial charge in [0.05, 0.1) is 10.6 Å². The van der Waals surface area contributed by atoms with Crippen LogP contribution in [0.3, 0.4) is 0 Å². The van der Waals surface area contributed by atoms with E-state index in [2.05, 4.69) is 5.32 Å². The molecule has 0 spiro atoms. The number of hydrogen-bond donors (Lipinski definition) is 1. The fourth-order valence-electron chi connectivity index (χ4n) is 3.58. The Bertz CT molecular complexity index is 1330. The number of carbonyl (C=O) groups is 2. The van der Waals surface area contributed by atoms with Gasteiger partial charge in [0.1, 0.15) is 12.6 Å². The van der Waals surface area contributed by atoms with Gasteiger partial charge in [-0.05, 0) is 61.9 Å². The number of anilines is 1. The summed E-state index contributed by atoms with van der Waals surface area (Å²) in [6.07, 6.45) is 0. The van der Waals surface area contributed by atoms with E-state index in [4.69, 9.17) is 23.2 Å². The fraction of sp³-hybridized carbons (Fsp3) is 0.231. The zero-order valence-electron chi connectivity index (χ0n) is 20.1. The molecule has 1 N–H and O–H groups in total. The molecule has 3 aromatic carbocycles. The molecule has 3 aromatic rings. The summed E-state index contributed by atoms with van der Waals surface area (Å²) in [7, 11) is -2.66. The van der Waals surface area contributed by atoms with Crippen LogP contribution in [-0.4, -0.2) is 44.8 Å². The quantitative estimate of drug-likeness (QED) is 0.422. The molecule has 3 rings (SSSR count). The number of sulfonamides is 1. The minimum Gasteiger partial charge on any atom is -0.357 e. The Balaban J connectivity index is 2.02. The minimum absolute atomic E-state index is 0.0319. The molecule has 0 saturated heterocycles. The van der Waals surface area contributed by atoms with Crippen LogP contribution in [0.2, 0.25) is 10.0 Å². The molecule has 0 aliphatic carbocycles. The van der Waals surface area contributed by atoms with Crippen molar-refractivity contribution in [3.8, 4) is 0 Å². The van der Waals surface area contributed by atoms with Crippen LogP contribution in [0.5, 0.6) is 0 Å². The number of nitrogens with zero attached hydrogens (tertiary/aromatic N) is 2. The van der Waals surface area contributed by atoms with Crippen molar-refractivity contribution in [1.82, 2.24) is 10.2 Å². The molecule has 0 aliphatic rings. The van der Waals surface area contributed by atoms with Gasteiger partial charge in [-0.2, -0.15) is 0 Å². The van der Waals surface area contributed by atoms with Gasteiger partial charge in [-0.25, -0.2) is 8.42 Å². The highest BCUT2D eigenvalue weighted by atomic mass is 35.5. The molecular weight excluding hydrogens is 521 g/mol. The summed E-state index contributed by atoms with van der Waals surface area (Å²) in [4.78, 5) is 27.5. The Morgan fingerprint density at radius 2 is 1.58 bits per heavy atom. The average molecular weight is 548 g/mol. The second-order valence-corrected chi connectivity index (χ2v) is 11.0. The van der Waals surface area contributed by atoms with Gasteiger partial charge in [-0.15, -0.1) is 0 Å². The highest BCUT2D eigenvalue weighted by molar-refractivity contribution is 7.92. The second-order valence-electron chi connectivity index (χ2n) is 8.24. The maximum Gasteiger partial charge on any atom is 0.264 e. The van der Waals surface area contributed by atoms with Crippen LogP contribution in [0.1, 0.15) is 18.1 Å². The Hall–Kier alpha value is -3.07. The largest absolute Gasteiger partial charge is 0.357 e. The van der Waals surface area contributed by atoms with E-state index >= 15 is 0 Å². The summed E-state index contributed by atoms with van der Waals surface area (Å²) in [6.45, 7) is 2.98. The van der Waals surface area contributed by atoms with E-state index in [9.17, 15) is 18.0 Å². The first-order valence-electron chi connectivity index (χ1n) is 11.1. The zero-order chi connectivity index (χ0) is 26.5. The van der Waals surface area contributed by atoms with Crippen LogP contribution >= 0.6 is 23.2 Å². The van der Waals surface area contributed by atoms with Crippen molar-refractivity contribution in [3.05, 3.63) is 94.0 Å². The predicted octanol–water partition coefficient (Wildman–Crippen LogP) is 4.66. The number of benzene rings is 3. The van der Waals surface area contributed by atoms with Crippen LogP contribution in [0.15, 0.2) is 77.7 Å². The molecular formula is C26H27Cl2N3O4S. The molecule has 1 atom stereocenters. The van der Waals surface area contributed by atoms with Crippen molar-refractivity contribution >= 4 is 50.7 Å². The number of amides is 2. The first kappa shape index (κ1) is 27.5. The third-order valence-electron chi connectivity index (χ3n) is 5.66. The zero-order valence-corrected chi connectivity index (χ0v) is 22.4. The van der Waals surface area contributed by atoms with Gasteiger partial charge in [0, 0.05) is 23.6 Å². The number of carbonyl (C=O) groups excluding carboxylic acids is 2. The lowest BCUT2D eigenvalue weighted by molar-refractivity contribution is -0.139. The van der Waals surface area contributed by atoms with E-state index in [1.807, 2.05) is 6.92 Å². The number of hydrogen-bond acceptors (Lipinski definition) is 4. The van der Waals surface area contributed by atoms with Gasteiger partial charge in [0.25, 0.3) is 10.0 Å². The number of nitrogens with one attached hydrogen (secondary N) is 1. The Labute approximate surface area is 221 Å². The van der Waals surface area contributed by atoms with Gasteiger partial charge in [0.2, 0.25) is 11.8 Å². The minimum atomic E-state index is -4.14. The number of halogens is 2. The van der Waals surface area contributed by atoms with E-state index in [0.29, 0.717) is 10.0 Å². The average Bonchev–Trinajstić information content (AvgIpc) is 2.86. The Morgan fingerprint density at radius 3 is 2.17 bits per heavy atom. The van der Waals surface area contributed by atoms with E-state index < -0.39 is 28.5 Å². The van der Waals surface area contributed by atoms with E-state index in [1.165, 1.54) is 30.1 Å². The predicted molar refractivity (Wildman–Crippen MR) is 143 cm³/mol. The third kappa shape index (κ3) is 6.57. The molecule has 0 heterocycles. The molecule has 0 fully saturated rings. The van der Waals surface area contributed by atoms with Crippen molar-refractivity contribution in [1.29, 1.82) is 0 Å². The molecule has 2 amide bonds. The maximum atomic E-state index is 13.7. The number of aryl methyl sites for hydroxylation is 1. The lowest BCUT2D eigenvalue weighted by atomic mass is 10.1. The normalized spacial score (nSPS) is 12.0. The van der Waals surface area contributed by atoms with Gasteiger partial charge in [0.15, 0.2) is 0 Å². The van der Waals surface area contributed by atoms with Gasteiger partial charge >= 0.3 is 0 Å². The molecule has 190 valence electrons. The van der Waals surface area contributed by atoms with Crippen LogP contribution in [0, 0.1) is 6.92 Å². The highest BCUT2D eigenvalue weighted by Crippen LogP contribution is 2.27. The molecule has 7 nitrogen and oxygen atoms in total. The summed E-state index contributed by atoms with van der Waals surface area (Å²) in [5.74, 6) is -0.940. The monoisotopic (exact) mass is 547 g/mol. The van der Waals surface area contributed by atoms with Crippen molar-refractivity contribution in [2.75, 3.05) is 17.9 Å². The van der Waals surface area contributed by atoms with Crippen LogP contribution in [0.4, 0.5) is 5.69 Å². The van der Waals surface area contributed by atoms with Crippen LogP contribution in [0.25, 0.3) is 0 Å². The van der Waals surface area contributed by atoms with Crippen molar-refractivity contribution in [2.24, 2.45) is 0 Å². The molecule has 10 heteroatoms. The van der Waals surface area contributed by atoms with Crippen molar-refractivity contribution in [2.45, 2.75) is 31.3 Å². The standard InChI is InChI=1S/C26H27Cl2N3O4S/c1-18-7-13-24(14-8-18)36(34,35)31(23-6-4-5-22(28)15-23)17-25(32)30(19(2)26(33)29-3)16-20-9-11-21(27)12-10-20/h4-15,19H,16-17H2,1-3H3,(H,29,33)/t19-/m0/s1. The number of rotatable bonds is 9. The van der Waals surface area contributed by atoms with Crippen molar-refractivity contribution < 1.29 is 18.0 Å². The summed E-state index contributed by atoms with van der Waals surface area (Å²) in [6, 6.07) is 18.6. The third-order valence-corrected chi connectivity index (χ3v) is 7.94. The van der Waals surface area contributed by atoms with Crippen molar-refractivity contribution in [3.63, 3.8) is 0 Å². The highest BCUT2D eigenvalue weighted by Gasteiger charge is 2.32. The van der Waals surface area contributed by atoms with E-state index in [-0.39, 0.29) is 23.0 Å². The molecule has 0 aromatic heterocycles. The molecule has 0 radical (unpaired) electrons. The SMILES string of the molecule is CNC(=O)[C@H](C)N(Cc1ccc(Cl)cc1)C(=O)CN(c1cccc(Cl)c1)S(=O)(=O)c1ccc(C)cc1. The summed E-state index contributed by atoms with van der Waals surface area (Å²) in [5, 5.41) is 3.40. The van der Waals surface area contributed by atoms with E-state index in [1.54, 1.807) is 61.5 Å². The first-order valence-corrected chi connectivity index (χ1v) is 13.3. The summed E-state index contributed by atoms with van der Waals surface area (Å²) in [5.41, 5.74) is 1.86. The molecule has 0 unspecified atom stereocenters. The smallest absolute Gasteiger partial charge is 0.264 e. The topological polar surface area (TPSA) is 86.8 Å². The lowest BCUT2D eigenvalue weighted by Gasteiger charge is -2.31. The van der Waals surface area contributed by atoms with Gasteiger partial charge in [-0.3, -0.25) is 13.9 Å². The Kier molecular flexibility index (Phi) is 9.00. The molecule has 0 bridgehead atoms.